The van der Waals surface area contributed by atoms with Crippen LogP contribution in [0, 0.1) is 11.6 Å². The SMILES string of the molecule is CC(=O)OCN1C=NN(C[C@](O)(c2ccc(F)cc2F)[C@@H](C)n2ncn(-c3ccc(OCC(F)(F)C(F)F)cc3)c2=O)C1. The number of halogens is 6. The third-order valence-corrected chi connectivity index (χ3v) is 6.59. The van der Waals surface area contributed by atoms with Crippen molar-refractivity contribution in [2.24, 2.45) is 5.10 Å². The average Bonchev–Trinajstić information content (AvgIpc) is 3.56. The Bertz CT molecular complexity index is 1530. The maximum absolute atomic E-state index is 15.0. The third kappa shape index (κ3) is 6.93. The Kier molecular flexibility index (Phi) is 9.03. The molecule has 0 aliphatic carbocycles. The number of carbonyl (C=O) groups is 1. The van der Waals surface area contributed by atoms with Crippen LogP contribution in [0.15, 0.2) is 58.7 Å². The molecule has 1 aliphatic rings. The molecule has 1 aromatic heterocycles. The van der Waals surface area contributed by atoms with Gasteiger partial charge in [0.05, 0.1) is 18.3 Å². The van der Waals surface area contributed by atoms with Gasteiger partial charge in [0.25, 0.3) is 0 Å². The Labute approximate surface area is 240 Å². The molecular weight excluding hydrogens is 590 g/mol. The quantitative estimate of drug-likeness (QED) is 0.244. The number of esters is 1. The largest absolute Gasteiger partial charge is 0.487 e. The zero-order chi connectivity index (χ0) is 31.5. The third-order valence-electron chi connectivity index (χ3n) is 6.59. The first-order valence-electron chi connectivity index (χ1n) is 12.6. The number of nitrogens with zero attached hydrogens (tertiary/aromatic N) is 6. The van der Waals surface area contributed by atoms with Crippen LogP contribution < -0.4 is 10.4 Å². The van der Waals surface area contributed by atoms with Crippen LogP contribution >= 0.6 is 0 Å². The number of alkyl halides is 4. The molecule has 2 atom stereocenters. The second-order valence-electron chi connectivity index (χ2n) is 9.69. The summed E-state index contributed by atoms with van der Waals surface area (Å²) < 4.78 is 91.4. The molecule has 232 valence electrons. The van der Waals surface area contributed by atoms with E-state index in [0.717, 1.165) is 27.7 Å². The summed E-state index contributed by atoms with van der Waals surface area (Å²) in [4.78, 5) is 26.0. The van der Waals surface area contributed by atoms with Crippen molar-refractivity contribution in [1.29, 1.82) is 0 Å². The van der Waals surface area contributed by atoms with E-state index in [-0.39, 0.29) is 30.4 Å². The molecule has 1 N–H and O–H groups in total. The lowest BCUT2D eigenvalue weighted by molar-refractivity contribution is -0.148. The molecule has 0 bridgehead atoms. The van der Waals surface area contributed by atoms with Gasteiger partial charge in [0, 0.05) is 18.6 Å². The number of ether oxygens (including phenoxy) is 2. The number of hydrogen-bond acceptors (Lipinski definition) is 9. The fourth-order valence-corrected chi connectivity index (χ4v) is 4.24. The highest BCUT2D eigenvalue weighted by Crippen LogP contribution is 2.36. The van der Waals surface area contributed by atoms with E-state index in [4.69, 9.17) is 9.47 Å². The second-order valence-corrected chi connectivity index (χ2v) is 9.69. The standard InChI is InChI=1S/C26H26F6N6O5/c1-16(38-24(40)37(13-34-38)19-4-6-20(7-5-19)42-11-26(31,32)23(29)30)25(41,21-8-3-18(27)9-22(21)28)10-36-14-35(12-33-36)15-43-17(2)39/h3-9,12-13,16,23,41H,10-11,14-15H2,1-2H3/t16-,25-/m1/s1. The van der Waals surface area contributed by atoms with Gasteiger partial charge < -0.3 is 19.5 Å². The molecule has 43 heavy (non-hydrogen) atoms. The highest BCUT2D eigenvalue weighted by Gasteiger charge is 2.44. The van der Waals surface area contributed by atoms with E-state index in [1.807, 2.05) is 0 Å². The van der Waals surface area contributed by atoms with Crippen LogP contribution in [0.1, 0.15) is 25.5 Å². The van der Waals surface area contributed by atoms with Crippen molar-refractivity contribution in [3.05, 3.63) is 76.5 Å². The summed E-state index contributed by atoms with van der Waals surface area (Å²) >= 11 is 0. The minimum Gasteiger partial charge on any atom is -0.487 e. The van der Waals surface area contributed by atoms with E-state index in [9.17, 15) is 36.6 Å². The summed E-state index contributed by atoms with van der Waals surface area (Å²) in [5.74, 6) is -7.03. The van der Waals surface area contributed by atoms with Gasteiger partial charge in [-0.15, -0.1) is 0 Å². The Morgan fingerprint density at radius 3 is 2.47 bits per heavy atom. The molecule has 0 radical (unpaired) electrons. The number of aromatic nitrogens is 3. The van der Waals surface area contributed by atoms with Gasteiger partial charge in [-0.25, -0.2) is 31.6 Å². The van der Waals surface area contributed by atoms with Gasteiger partial charge in [-0.3, -0.25) is 9.80 Å². The Hall–Kier alpha value is -4.54. The van der Waals surface area contributed by atoms with E-state index in [1.54, 1.807) is 0 Å². The summed E-state index contributed by atoms with van der Waals surface area (Å²) in [6.07, 6.45) is -1.48. The number of hydrogen-bond donors (Lipinski definition) is 1. The molecule has 0 unspecified atom stereocenters. The summed E-state index contributed by atoms with van der Waals surface area (Å²) in [5.41, 5.74) is -3.19. The van der Waals surface area contributed by atoms with Crippen LogP contribution in [-0.2, 0) is 15.1 Å². The van der Waals surface area contributed by atoms with Gasteiger partial charge >= 0.3 is 24.0 Å². The summed E-state index contributed by atoms with van der Waals surface area (Å²) in [6.45, 7) is 0.527. The number of carbonyl (C=O) groups excluding carboxylic acids is 1. The monoisotopic (exact) mass is 616 g/mol. The highest BCUT2D eigenvalue weighted by atomic mass is 19.3. The molecule has 3 aromatic rings. The zero-order valence-corrected chi connectivity index (χ0v) is 22.7. The number of benzene rings is 2. The molecule has 0 saturated heterocycles. The molecule has 0 amide bonds. The first-order valence-corrected chi connectivity index (χ1v) is 12.6. The smallest absolute Gasteiger partial charge is 0.350 e. The van der Waals surface area contributed by atoms with Gasteiger partial charge in [-0.2, -0.15) is 19.0 Å². The van der Waals surface area contributed by atoms with Crippen molar-refractivity contribution >= 4 is 12.3 Å². The van der Waals surface area contributed by atoms with Crippen molar-refractivity contribution in [3.63, 3.8) is 0 Å². The van der Waals surface area contributed by atoms with Crippen molar-refractivity contribution in [2.45, 2.75) is 37.8 Å². The average molecular weight is 617 g/mol. The van der Waals surface area contributed by atoms with Crippen molar-refractivity contribution in [2.75, 3.05) is 26.6 Å². The normalized spacial score (nSPS) is 15.6. The topological polar surface area (TPSA) is 114 Å². The molecule has 4 rings (SSSR count). The lowest BCUT2D eigenvalue weighted by atomic mass is 9.86. The minimum absolute atomic E-state index is 0.0200. The van der Waals surface area contributed by atoms with Crippen LogP contribution in [0.3, 0.4) is 0 Å². The molecular formula is C26H26F6N6O5. The second kappa shape index (κ2) is 12.4. The first-order chi connectivity index (χ1) is 20.2. The fourth-order valence-electron chi connectivity index (χ4n) is 4.24. The summed E-state index contributed by atoms with van der Waals surface area (Å²) in [5, 5.41) is 21.4. The number of hydrazone groups is 1. The summed E-state index contributed by atoms with van der Waals surface area (Å²) in [6, 6.07) is 6.22. The van der Waals surface area contributed by atoms with Crippen LogP contribution in [0.2, 0.25) is 0 Å². The Morgan fingerprint density at radius 2 is 1.84 bits per heavy atom. The number of β-amino-alcohol motifs (C(OH)–C–C–N with tert-alkyl or cyclic N) is 1. The molecule has 1 aliphatic heterocycles. The van der Waals surface area contributed by atoms with E-state index in [2.05, 4.69) is 10.2 Å². The molecule has 17 heteroatoms. The Balaban J connectivity index is 1.59. The maximum Gasteiger partial charge on any atom is 0.350 e. The van der Waals surface area contributed by atoms with E-state index in [0.29, 0.717) is 6.07 Å². The minimum atomic E-state index is -4.35. The van der Waals surface area contributed by atoms with Crippen LogP contribution in [-0.4, -0.2) is 80.6 Å². The van der Waals surface area contributed by atoms with Gasteiger partial charge in [-0.1, -0.05) is 6.07 Å². The van der Waals surface area contributed by atoms with Gasteiger partial charge in [-0.05, 0) is 37.3 Å². The summed E-state index contributed by atoms with van der Waals surface area (Å²) in [7, 11) is 0. The molecule has 0 spiro atoms. The van der Waals surface area contributed by atoms with Crippen molar-refractivity contribution < 1.29 is 45.7 Å². The van der Waals surface area contributed by atoms with Crippen LogP contribution in [0.4, 0.5) is 26.3 Å². The lowest BCUT2D eigenvalue weighted by Gasteiger charge is -2.37. The zero-order valence-electron chi connectivity index (χ0n) is 22.7. The van der Waals surface area contributed by atoms with E-state index in [1.165, 1.54) is 54.4 Å². The predicted molar refractivity (Wildman–Crippen MR) is 138 cm³/mol. The highest BCUT2D eigenvalue weighted by molar-refractivity contribution is 5.66. The van der Waals surface area contributed by atoms with Crippen molar-refractivity contribution in [3.8, 4) is 11.4 Å². The van der Waals surface area contributed by atoms with Crippen LogP contribution in [0.5, 0.6) is 5.75 Å². The fraction of sp³-hybridized carbons (Fsp3) is 0.385. The predicted octanol–water partition coefficient (Wildman–Crippen LogP) is 3.08. The molecule has 2 heterocycles. The van der Waals surface area contributed by atoms with E-state index < -0.39 is 60.4 Å². The molecule has 2 aromatic carbocycles. The first kappa shape index (κ1) is 31.4. The van der Waals surface area contributed by atoms with Crippen molar-refractivity contribution in [1.82, 2.24) is 24.3 Å². The maximum atomic E-state index is 15.0. The van der Waals surface area contributed by atoms with Gasteiger partial charge in [0.1, 0.15) is 42.3 Å². The lowest BCUT2D eigenvalue weighted by Crippen LogP contribution is -2.48. The molecule has 11 nitrogen and oxygen atoms in total. The van der Waals surface area contributed by atoms with Crippen LogP contribution in [0.25, 0.3) is 5.69 Å². The van der Waals surface area contributed by atoms with Gasteiger partial charge in [0.2, 0.25) is 0 Å². The van der Waals surface area contributed by atoms with Gasteiger partial charge in [0.15, 0.2) is 13.3 Å². The number of aliphatic hydroxyl groups is 1. The molecule has 0 fully saturated rings. The Morgan fingerprint density at radius 1 is 1.14 bits per heavy atom. The molecule has 0 saturated carbocycles. The van der Waals surface area contributed by atoms with E-state index >= 15 is 4.39 Å². The number of rotatable bonds is 12.